The second-order valence-corrected chi connectivity index (χ2v) is 9.31. The molecule has 36 heavy (non-hydrogen) atoms. The summed E-state index contributed by atoms with van der Waals surface area (Å²) in [5.74, 6) is 0.471. The summed E-state index contributed by atoms with van der Waals surface area (Å²) in [5.41, 5.74) is 3.41. The van der Waals surface area contributed by atoms with E-state index in [0.29, 0.717) is 57.7 Å². The highest BCUT2D eigenvalue weighted by molar-refractivity contribution is 6.32. The molecule has 0 spiro atoms. The summed E-state index contributed by atoms with van der Waals surface area (Å²) >= 11 is 6.35. The van der Waals surface area contributed by atoms with Gasteiger partial charge in [0.25, 0.3) is 5.91 Å². The van der Waals surface area contributed by atoms with E-state index in [1.165, 1.54) is 13.2 Å². The summed E-state index contributed by atoms with van der Waals surface area (Å²) in [6.45, 7) is 7.89. The Kier molecular flexibility index (Phi) is 7.21. The van der Waals surface area contributed by atoms with E-state index in [0.717, 1.165) is 5.69 Å². The molecule has 0 saturated carbocycles. The number of aromatic nitrogens is 2. The molecule has 0 atom stereocenters. The number of benzene rings is 1. The number of ether oxygens (including phenoxy) is 2. The van der Waals surface area contributed by atoms with Gasteiger partial charge in [0.1, 0.15) is 12.4 Å². The van der Waals surface area contributed by atoms with E-state index in [2.05, 4.69) is 32.5 Å². The lowest BCUT2D eigenvalue weighted by atomic mass is 9.91. The van der Waals surface area contributed by atoms with Crippen molar-refractivity contribution >= 4 is 34.8 Å². The third-order valence-corrected chi connectivity index (χ3v) is 6.00. The second-order valence-electron chi connectivity index (χ2n) is 8.90. The lowest BCUT2D eigenvalue weighted by Crippen LogP contribution is -2.49. The Morgan fingerprint density at radius 2 is 2.14 bits per heavy atom. The molecule has 9 nitrogen and oxygen atoms in total. The molecule has 0 fully saturated rings. The van der Waals surface area contributed by atoms with Gasteiger partial charge < -0.3 is 30.4 Å². The second kappa shape index (κ2) is 10.3. The highest BCUT2D eigenvalue weighted by Gasteiger charge is 2.36. The van der Waals surface area contributed by atoms with Crippen LogP contribution in [0.15, 0.2) is 49.3 Å². The van der Waals surface area contributed by atoms with Crippen molar-refractivity contribution < 1.29 is 19.1 Å². The molecule has 0 aliphatic carbocycles. The number of amides is 2. The van der Waals surface area contributed by atoms with Crippen LogP contribution in [0.4, 0.5) is 11.4 Å². The Morgan fingerprint density at radius 3 is 2.89 bits per heavy atom. The van der Waals surface area contributed by atoms with E-state index < -0.39 is 5.54 Å². The fourth-order valence-electron chi connectivity index (χ4n) is 4.18. The number of halogens is 1. The maximum Gasteiger partial charge on any atom is 0.255 e. The number of carbonyl (C=O) groups excluding carboxylic acids is 2. The first-order chi connectivity index (χ1) is 17.2. The van der Waals surface area contributed by atoms with Gasteiger partial charge in [-0.2, -0.15) is 0 Å². The van der Waals surface area contributed by atoms with Crippen LogP contribution in [-0.2, 0) is 11.2 Å². The van der Waals surface area contributed by atoms with Crippen molar-refractivity contribution in [3.05, 3.63) is 65.6 Å². The maximum atomic E-state index is 13.2. The molecule has 188 valence electrons. The van der Waals surface area contributed by atoms with Gasteiger partial charge in [-0.15, -0.1) is 0 Å². The Labute approximate surface area is 214 Å². The minimum Gasteiger partial charge on any atom is -0.493 e. The number of hydrogen-bond acceptors (Lipinski definition) is 6. The highest BCUT2D eigenvalue weighted by Crippen LogP contribution is 2.43. The molecular weight excluding hydrogens is 482 g/mol. The molecule has 0 unspecified atom stereocenters. The van der Waals surface area contributed by atoms with E-state index in [4.69, 9.17) is 21.1 Å². The molecule has 2 aromatic heterocycles. The number of anilines is 2. The van der Waals surface area contributed by atoms with Gasteiger partial charge in [0.05, 0.1) is 47.5 Å². The third-order valence-electron chi connectivity index (χ3n) is 5.70. The number of pyridine rings is 1. The molecule has 4 N–H and O–H groups in total. The van der Waals surface area contributed by atoms with E-state index in [9.17, 15) is 9.59 Å². The van der Waals surface area contributed by atoms with Crippen LogP contribution in [-0.4, -0.2) is 47.6 Å². The normalized spacial score (nSPS) is 13.8. The number of rotatable bonds is 9. The predicted molar refractivity (Wildman–Crippen MR) is 139 cm³/mol. The lowest BCUT2D eigenvalue weighted by Gasteiger charge is -2.30. The number of hydrogen-bond donors (Lipinski definition) is 4. The van der Waals surface area contributed by atoms with Crippen LogP contribution >= 0.6 is 11.6 Å². The summed E-state index contributed by atoms with van der Waals surface area (Å²) in [6.07, 6.45) is 5.05. The fraction of sp³-hybridized carbons (Fsp3) is 0.269. The molecule has 0 saturated heterocycles. The predicted octanol–water partition coefficient (Wildman–Crippen LogP) is 4.23. The zero-order valence-corrected chi connectivity index (χ0v) is 21.1. The van der Waals surface area contributed by atoms with Crippen LogP contribution in [0.1, 0.15) is 29.9 Å². The van der Waals surface area contributed by atoms with E-state index in [1.807, 2.05) is 19.9 Å². The maximum absolute atomic E-state index is 13.2. The molecule has 0 radical (unpaired) electrons. The molecule has 1 aliphatic heterocycles. The van der Waals surface area contributed by atoms with E-state index in [-0.39, 0.29) is 18.4 Å². The van der Waals surface area contributed by atoms with Gasteiger partial charge in [-0.3, -0.25) is 14.6 Å². The van der Waals surface area contributed by atoms with Gasteiger partial charge in [-0.25, -0.2) is 0 Å². The monoisotopic (exact) mass is 509 g/mol. The first kappa shape index (κ1) is 25.1. The van der Waals surface area contributed by atoms with Gasteiger partial charge in [0.15, 0.2) is 5.75 Å². The van der Waals surface area contributed by atoms with Crippen molar-refractivity contribution in [1.29, 1.82) is 0 Å². The standard InChI is InChI=1S/C26H28ClN5O4/c1-5-20(33)29-11-12-36-19-14-28-10-9-15(19)22-23(30-17-8-6-7-16(27)24(17)35-4)21-18(31-22)13-26(2,3)32-25(21)34/h5-10,14,30-31H,1,11-13H2,2-4H3,(H,29,33)(H,32,34). The number of para-hydroxylation sites is 1. The van der Waals surface area contributed by atoms with Crippen molar-refractivity contribution in [3.8, 4) is 22.8 Å². The molecule has 1 aliphatic rings. The summed E-state index contributed by atoms with van der Waals surface area (Å²) in [7, 11) is 1.54. The van der Waals surface area contributed by atoms with E-state index >= 15 is 0 Å². The zero-order chi connectivity index (χ0) is 25.9. The Morgan fingerprint density at radius 1 is 1.33 bits per heavy atom. The summed E-state index contributed by atoms with van der Waals surface area (Å²) in [6, 6.07) is 7.16. The van der Waals surface area contributed by atoms with Crippen LogP contribution in [0, 0.1) is 0 Å². The number of fused-ring (bicyclic) bond motifs is 1. The zero-order valence-electron chi connectivity index (χ0n) is 20.3. The molecule has 3 heterocycles. The SMILES string of the molecule is C=CC(=O)NCCOc1cnccc1-c1[nH]c2c(c1Nc1cccc(Cl)c1OC)C(=O)NC(C)(C)C2. The minimum atomic E-state index is -0.418. The lowest BCUT2D eigenvalue weighted by molar-refractivity contribution is -0.116. The van der Waals surface area contributed by atoms with Crippen molar-refractivity contribution in [2.45, 2.75) is 25.8 Å². The number of nitrogens with one attached hydrogen (secondary N) is 4. The van der Waals surface area contributed by atoms with Crippen LogP contribution < -0.4 is 25.4 Å². The van der Waals surface area contributed by atoms with Gasteiger partial charge in [0, 0.05) is 29.4 Å². The third kappa shape index (κ3) is 5.16. The molecule has 1 aromatic carbocycles. The quantitative estimate of drug-likeness (QED) is 0.253. The van der Waals surface area contributed by atoms with Crippen LogP contribution in [0.25, 0.3) is 11.3 Å². The molecule has 3 aromatic rings. The molecule has 4 rings (SSSR count). The van der Waals surface area contributed by atoms with Crippen molar-refractivity contribution in [3.63, 3.8) is 0 Å². The fourth-order valence-corrected chi connectivity index (χ4v) is 4.43. The largest absolute Gasteiger partial charge is 0.493 e. The molecular formula is C26H28ClN5O4. The first-order valence-corrected chi connectivity index (χ1v) is 11.8. The number of aromatic amines is 1. The van der Waals surface area contributed by atoms with Crippen LogP contribution in [0.2, 0.25) is 5.02 Å². The van der Waals surface area contributed by atoms with Crippen molar-refractivity contribution in [2.75, 3.05) is 25.6 Å². The average molecular weight is 510 g/mol. The highest BCUT2D eigenvalue weighted by atomic mass is 35.5. The Hall–Kier alpha value is -3.98. The Bertz CT molecular complexity index is 1320. The summed E-state index contributed by atoms with van der Waals surface area (Å²) in [5, 5.41) is 9.55. The van der Waals surface area contributed by atoms with E-state index in [1.54, 1.807) is 30.6 Å². The van der Waals surface area contributed by atoms with Gasteiger partial charge in [0.2, 0.25) is 5.91 Å². The topological polar surface area (TPSA) is 117 Å². The molecule has 0 bridgehead atoms. The van der Waals surface area contributed by atoms with Gasteiger partial charge in [-0.05, 0) is 38.1 Å². The number of H-pyrrole nitrogens is 1. The number of nitrogens with zero attached hydrogens (tertiary/aromatic N) is 1. The van der Waals surface area contributed by atoms with Crippen molar-refractivity contribution in [1.82, 2.24) is 20.6 Å². The Balaban J connectivity index is 1.78. The summed E-state index contributed by atoms with van der Waals surface area (Å²) in [4.78, 5) is 32.3. The minimum absolute atomic E-state index is 0.198. The smallest absolute Gasteiger partial charge is 0.255 e. The molecule has 10 heteroatoms. The van der Waals surface area contributed by atoms with Crippen molar-refractivity contribution in [2.24, 2.45) is 0 Å². The van der Waals surface area contributed by atoms with Gasteiger partial charge >= 0.3 is 0 Å². The number of methoxy groups -OCH3 is 1. The first-order valence-electron chi connectivity index (χ1n) is 11.4. The molecule has 2 amide bonds. The van der Waals surface area contributed by atoms with Gasteiger partial charge in [-0.1, -0.05) is 24.2 Å². The summed E-state index contributed by atoms with van der Waals surface area (Å²) < 4.78 is 11.5. The number of carbonyl (C=O) groups is 2. The average Bonchev–Trinajstić information content (AvgIpc) is 3.18. The van der Waals surface area contributed by atoms with Crippen LogP contribution in [0.3, 0.4) is 0 Å². The van der Waals surface area contributed by atoms with Crippen LogP contribution in [0.5, 0.6) is 11.5 Å².